The highest BCUT2D eigenvalue weighted by atomic mass is 16.2. The van der Waals surface area contributed by atoms with Gasteiger partial charge in [0.15, 0.2) is 0 Å². The van der Waals surface area contributed by atoms with E-state index in [4.69, 9.17) is 0 Å². The number of rotatable bonds is 4. The molecule has 0 aromatic rings. The van der Waals surface area contributed by atoms with Gasteiger partial charge in [-0.15, -0.1) is 0 Å². The number of nitrogens with zero attached hydrogens (tertiary/aromatic N) is 2. The fourth-order valence-corrected chi connectivity index (χ4v) is 1.73. The molecule has 15 heavy (non-hydrogen) atoms. The van der Waals surface area contributed by atoms with Gasteiger partial charge in [0, 0.05) is 19.0 Å². The predicted molar refractivity (Wildman–Crippen MR) is 62.7 cm³/mol. The van der Waals surface area contributed by atoms with Gasteiger partial charge in [0.1, 0.15) is 0 Å². The van der Waals surface area contributed by atoms with Crippen LogP contribution in [0.5, 0.6) is 0 Å². The molecule has 1 rings (SSSR count). The van der Waals surface area contributed by atoms with Gasteiger partial charge in [0.25, 0.3) is 0 Å². The molecule has 86 valence electrons. The van der Waals surface area contributed by atoms with Crippen LogP contribution in [0.3, 0.4) is 0 Å². The van der Waals surface area contributed by atoms with Crippen molar-refractivity contribution in [1.29, 1.82) is 0 Å². The molecule has 0 aromatic carbocycles. The van der Waals surface area contributed by atoms with Gasteiger partial charge in [-0.1, -0.05) is 19.1 Å². The van der Waals surface area contributed by atoms with Gasteiger partial charge in [-0.3, -0.25) is 4.79 Å². The zero-order valence-corrected chi connectivity index (χ0v) is 10.1. The van der Waals surface area contributed by atoms with Crippen LogP contribution >= 0.6 is 0 Å². The average Bonchev–Trinajstić information content (AvgIpc) is 2.26. The summed E-state index contributed by atoms with van der Waals surface area (Å²) in [4.78, 5) is 16.1. The summed E-state index contributed by atoms with van der Waals surface area (Å²) < 4.78 is 0. The van der Waals surface area contributed by atoms with Crippen molar-refractivity contribution in [2.45, 2.75) is 19.8 Å². The van der Waals surface area contributed by atoms with Crippen molar-refractivity contribution in [2.75, 3.05) is 33.7 Å². The normalized spacial score (nSPS) is 18.3. The first-order chi connectivity index (χ1) is 7.11. The first-order valence-electron chi connectivity index (χ1n) is 5.69. The second kappa shape index (κ2) is 5.91. The van der Waals surface area contributed by atoms with Gasteiger partial charge < -0.3 is 9.80 Å². The smallest absolute Gasteiger partial charge is 0.225 e. The zero-order valence-electron chi connectivity index (χ0n) is 10.1. The summed E-state index contributed by atoms with van der Waals surface area (Å²) in [5.74, 6) is 0.458. The van der Waals surface area contributed by atoms with Crippen LogP contribution in [-0.4, -0.2) is 49.4 Å². The summed E-state index contributed by atoms with van der Waals surface area (Å²) in [6, 6.07) is 0. The molecule has 1 aliphatic rings. The van der Waals surface area contributed by atoms with Crippen molar-refractivity contribution in [1.82, 2.24) is 9.80 Å². The number of hydrogen-bond acceptors (Lipinski definition) is 2. The molecule has 0 aliphatic carbocycles. The maximum atomic E-state index is 12.0. The molecular formula is C12H22N2O. The molecule has 1 heterocycles. The Balaban J connectivity index is 2.34. The number of amides is 1. The number of carbonyl (C=O) groups is 1. The van der Waals surface area contributed by atoms with Crippen molar-refractivity contribution < 1.29 is 4.79 Å². The Morgan fingerprint density at radius 3 is 2.73 bits per heavy atom. The average molecular weight is 210 g/mol. The molecule has 1 amide bonds. The highest BCUT2D eigenvalue weighted by Crippen LogP contribution is 2.10. The van der Waals surface area contributed by atoms with Crippen LogP contribution in [0.4, 0.5) is 0 Å². The van der Waals surface area contributed by atoms with Crippen LogP contribution in [0, 0.1) is 5.92 Å². The van der Waals surface area contributed by atoms with Crippen molar-refractivity contribution in [2.24, 2.45) is 5.92 Å². The fourth-order valence-electron chi connectivity index (χ4n) is 1.73. The Kier molecular flexibility index (Phi) is 4.82. The largest absolute Gasteiger partial charge is 0.338 e. The van der Waals surface area contributed by atoms with Crippen molar-refractivity contribution in [3.05, 3.63) is 12.2 Å². The molecule has 0 saturated carbocycles. The van der Waals surface area contributed by atoms with Crippen molar-refractivity contribution in [3.8, 4) is 0 Å². The maximum absolute atomic E-state index is 12.0. The van der Waals surface area contributed by atoms with E-state index in [1.165, 1.54) is 0 Å². The van der Waals surface area contributed by atoms with E-state index >= 15 is 0 Å². The molecule has 3 heteroatoms. The Morgan fingerprint density at radius 1 is 1.47 bits per heavy atom. The molecule has 0 spiro atoms. The Bertz CT molecular complexity index is 236. The van der Waals surface area contributed by atoms with Gasteiger partial charge >= 0.3 is 0 Å². The Morgan fingerprint density at radius 2 is 2.20 bits per heavy atom. The molecule has 0 saturated heterocycles. The summed E-state index contributed by atoms with van der Waals surface area (Å²) in [5, 5.41) is 0. The third-order valence-electron chi connectivity index (χ3n) is 2.80. The molecule has 0 N–H and O–H groups in total. The monoisotopic (exact) mass is 210 g/mol. The lowest BCUT2D eigenvalue weighted by atomic mass is 10.1. The minimum Gasteiger partial charge on any atom is -0.338 e. The molecule has 1 unspecified atom stereocenters. The fraction of sp³-hybridized carbons (Fsp3) is 0.750. The predicted octanol–water partition coefficient (Wildman–Crippen LogP) is 1.36. The van der Waals surface area contributed by atoms with E-state index in [1.807, 2.05) is 25.9 Å². The third kappa shape index (κ3) is 4.04. The third-order valence-corrected chi connectivity index (χ3v) is 2.80. The lowest BCUT2D eigenvalue weighted by molar-refractivity contribution is -0.134. The zero-order chi connectivity index (χ0) is 11.3. The summed E-state index contributed by atoms with van der Waals surface area (Å²) in [7, 11) is 4.08. The number of hydrogen-bond donors (Lipinski definition) is 0. The standard InChI is InChI=1S/C12H22N2O/c1-11(7-10-13(2)3)12(15)14-8-5-4-6-9-14/h4-5,11H,6-10H2,1-3H3. The lowest BCUT2D eigenvalue weighted by Gasteiger charge is -2.27. The lowest BCUT2D eigenvalue weighted by Crippen LogP contribution is -2.38. The molecule has 0 bridgehead atoms. The molecule has 1 atom stereocenters. The first-order valence-corrected chi connectivity index (χ1v) is 5.69. The van der Waals surface area contributed by atoms with Gasteiger partial charge in [-0.25, -0.2) is 0 Å². The van der Waals surface area contributed by atoms with Crippen LogP contribution in [0.1, 0.15) is 19.8 Å². The second-order valence-corrected chi connectivity index (χ2v) is 4.54. The van der Waals surface area contributed by atoms with E-state index < -0.39 is 0 Å². The second-order valence-electron chi connectivity index (χ2n) is 4.54. The quantitative estimate of drug-likeness (QED) is 0.654. The molecule has 0 aromatic heterocycles. The van der Waals surface area contributed by atoms with Crippen LogP contribution < -0.4 is 0 Å². The van der Waals surface area contributed by atoms with E-state index in [2.05, 4.69) is 17.1 Å². The number of carbonyl (C=O) groups excluding carboxylic acids is 1. The van der Waals surface area contributed by atoms with Gasteiger partial charge in [0.2, 0.25) is 5.91 Å². The van der Waals surface area contributed by atoms with Crippen LogP contribution in [0.25, 0.3) is 0 Å². The first kappa shape index (κ1) is 12.2. The highest BCUT2D eigenvalue weighted by molar-refractivity contribution is 5.78. The minimum absolute atomic E-state index is 0.152. The van der Waals surface area contributed by atoms with Crippen LogP contribution in [0.15, 0.2) is 12.2 Å². The van der Waals surface area contributed by atoms with Crippen molar-refractivity contribution >= 4 is 5.91 Å². The van der Waals surface area contributed by atoms with Gasteiger partial charge in [0.05, 0.1) is 0 Å². The minimum atomic E-state index is 0.152. The molecule has 0 radical (unpaired) electrons. The van der Waals surface area contributed by atoms with Crippen molar-refractivity contribution in [3.63, 3.8) is 0 Å². The topological polar surface area (TPSA) is 23.6 Å². The van der Waals surface area contributed by atoms with E-state index in [-0.39, 0.29) is 5.92 Å². The summed E-state index contributed by atoms with van der Waals surface area (Å²) in [6.07, 6.45) is 6.19. The van der Waals surface area contributed by atoms with E-state index in [9.17, 15) is 4.79 Å². The summed E-state index contributed by atoms with van der Waals surface area (Å²) in [5.41, 5.74) is 0. The summed E-state index contributed by atoms with van der Waals surface area (Å²) in [6.45, 7) is 4.70. The van der Waals surface area contributed by atoms with E-state index in [1.54, 1.807) is 0 Å². The molecule has 1 aliphatic heterocycles. The molecule has 3 nitrogen and oxygen atoms in total. The Labute approximate surface area is 92.7 Å². The summed E-state index contributed by atoms with van der Waals surface area (Å²) >= 11 is 0. The van der Waals surface area contributed by atoms with Gasteiger partial charge in [-0.2, -0.15) is 0 Å². The SMILES string of the molecule is CC(CCN(C)C)C(=O)N1CC=CCC1. The highest BCUT2D eigenvalue weighted by Gasteiger charge is 2.20. The van der Waals surface area contributed by atoms with E-state index in [0.29, 0.717) is 5.91 Å². The van der Waals surface area contributed by atoms with Crippen LogP contribution in [0.2, 0.25) is 0 Å². The maximum Gasteiger partial charge on any atom is 0.225 e. The van der Waals surface area contributed by atoms with E-state index in [0.717, 1.165) is 32.5 Å². The molecule has 0 fully saturated rings. The Hall–Kier alpha value is -0.830. The molecular weight excluding hydrogens is 188 g/mol. The van der Waals surface area contributed by atoms with Crippen LogP contribution in [-0.2, 0) is 4.79 Å². The van der Waals surface area contributed by atoms with Gasteiger partial charge in [-0.05, 0) is 33.5 Å².